The van der Waals surface area contributed by atoms with Crippen molar-refractivity contribution in [2.45, 2.75) is 49.3 Å². The predicted octanol–water partition coefficient (Wildman–Crippen LogP) is 5.51. The first kappa shape index (κ1) is 18.2. The van der Waals surface area contributed by atoms with Crippen molar-refractivity contribution >= 4 is 17.5 Å². The number of benzene rings is 2. The highest BCUT2D eigenvalue weighted by atomic mass is 35.5. The van der Waals surface area contributed by atoms with E-state index in [9.17, 15) is 4.79 Å². The number of rotatable bonds is 5. The molecule has 4 fully saturated rings. The summed E-state index contributed by atoms with van der Waals surface area (Å²) in [6.45, 7) is 0.767. The third kappa shape index (κ3) is 3.37. The minimum absolute atomic E-state index is 0.00687. The van der Waals surface area contributed by atoms with Crippen molar-refractivity contribution in [1.29, 1.82) is 0 Å². The van der Waals surface area contributed by atoms with Gasteiger partial charge in [0, 0.05) is 11.4 Å². The highest BCUT2D eigenvalue weighted by molar-refractivity contribution is 6.24. The van der Waals surface area contributed by atoms with Gasteiger partial charge in [-0.3, -0.25) is 4.79 Å². The van der Waals surface area contributed by atoms with E-state index in [1.807, 2.05) is 36.4 Å². The minimum atomic E-state index is -0.263. The van der Waals surface area contributed by atoms with Gasteiger partial charge in [-0.2, -0.15) is 0 Å². The second-order valence-electron chi connectivity index (χ2n) is 9.58. The largest absolute Gasteiger partial charge is 0.355 e. The van der Waals surface area contributed by atoms with Gasteiger partial charge in [-0.25, -0.2) is 0 Å². The van der Waals surface area contributed by atoms with Gasteiger partial charge in [0.25, 0.3) is 0 Å². The number of amides is 1. The Kier molecular flexibility index (Phi) is 4.50. The third-order valence-electron chi connectivity index (χ3n) is 7.28. The molecule has 0 aliphatic heterocycles. The molecule has 6 rings (SSSR count). The summed E-state index contributed by atoms with van der Waals surface area (Å²) < 4.78 is 0. The van der Waals surface area contributed by atoms with Crippen molar-refractivity contribution in [3.63, 3.8) is 0 Å². The highest BCUT2D eigenvalue weighted by Gasteiger charge is 2.57. The lowest BCUT2D eigenvalue weighted by molar-refractivity contribution is -0.123. The van der Waals surface area contributed by atoms with E-state index in [0.717, 1.165) is 35.9 Å². The molecule has 4 saturated carbocycles. The summed E-state index contributed by atoms with van der Waals surface area (Å²) in [5.74, 6) is 1.36. The zero-order valence-corrected chi connectivity index (χ0v) is 17.0. The number of hydrogen-bond donors (Lipinski definition) is 1. The van der Waals surface area contributed by atoms with Gasteiger partial charge in [0.15, 0.2) is 0 Å². The molecular formula is C25H28ClNO. The maximum atomic E-state index is 13.4. The molecule has 0 spiro atoms. The number of nitrogens with one attached hydrogen (secondary N) is 1. The molecule has 2 aromatic carbocycles. The van der Waals surface area contributed by atoms with E-state index in [1.165, 1.54) is 32.1 Å². The molecule has 146 valence electrons. The van der Waals surface area contributed by atoms with Gasteiger partial charge in [-0.15, -0.1) is 11.6 Å². The average Bonchev–Trinajstić information content (AvgIpc) is 2.67. The second-order valence-corrected chi connectivity index (χ2v) is 10.4. The summed E-state index contributed by atoms with van der Waals surface area (Å²) in [6.07, 6.45) is 7.24. The van der Waals surface area contributed by atoms with Crippen molar-refractivity contribution in [3.05, 3.63) is 71.8 Å². The maximum absolute atomic E-state index is 13.4. The Morgan fingerprint density at radius 3 is 1.96 bits per heavy atom. The fraction of sp³-hybridized carbons (Fsp3) is 0.480. The molecule has 0 heterocycles. The van der Waals surface area contributed by atoms with Gasteiger partial charge in [-0.05, 0) is 66.9 Å². The van der Waals surface area contributed by atoms with Gasteiger partial charge in [0.1, 0.15) is 0 Å². The molecule has 4 aliphatic carbocycles. The zero-order valence-electron chi connectivity index (χ0n) is 16.2. The summed E-state index contributed by atoms with van der Waals surface area (Å²) in [5, 5.41) is 3.36. The Morgan fingerprint density at radius 1 is 0.929 bits per heavy atom. The van der Waals surface area contributed by atoms with Gasteiger partial charge in [0.05, 0.1) is 5.92 Å². The summed E-state index contributed by atoms with van der Waals surface area (Å²) in [5.41, 5.74) is 2.30. The first-order valence-corrected chi connectivity index (χ1v) is 11.0. The molecule has 0 saturated heterocycles. The van der Waals surface area contributed by atoms with Crippen molar-refractivity contribution in [1.82, 2.24) is 5.32 Å². The van der Waals surface area contributed by atoms with Gasteiger partial charge in [-0.1, -0.05) is 60.7 Å². The van der Waals surface area contributed by atoms with E-state index >= 15 is 0 Å². The third-order valence-corrected chi connectivity index (χ3v) is 7.72. The van der Waals surface area contributed by atoms with Crippen LogP contribution >= 0.6 is 11.6 Å². The van der Waals surface area contributed by atoms with E-state index in [0.29, 0.717) is 0 Å². The van der Waals surface area contributed by atoms with Crippen LogP contribution in [-0.4, -0.2) is 17.3 Å². The molecule has 2 atom stereocenters. The van der Waals surface area contributed by atoms with Crippen LogP contribution in [-0.2, 0) is 4.79 Å². The Labute approximate surface area is 172 Å². The molecule has 0 unspecified atom stereocenters. The smallest absolute Gasteiger partial charge is 0.232 e. The maximum Gasteiger partial charge on any atom is 0.232 e. The molecule has 3 heteroatoms. The van der Waals surface area contributed by atoms with Crippen molar-refractivity contribution < 1.29 is 4.79 Å². The molecule has 28 heavy (non-hydrogen) atoms. The fourth-order valence-electron chi connectivity index (χ4n) is 6.71. The van der Waals surface area contributed by atoms with Crippen molar-refractivity contribution in [2.24, 2.45) is 17.3 Å². The van der Waals surface area contributed by atoms with Gasteiger partial charge >= 0.3 is 0 Å². The Bertz CT molecular complexity index is 796. The molecule has 2 nitrogen and oxygen atoms in total. The van der Waals surface area contributed by atoms with Crippen LogP contribution in [0.4, 0.5) is 0 Å². The van der Waals surface area contributed by atoms with Crippen molar-refractivity contribution in [2.75, 3.05) is 6.54 Å². The van der Waals surface area contributed by atoms with Crippen LogP contribution in [0.2, 0.25) is 0 Å². The zero-order chi connectivity index (χ0) is 19.2. The summed E-state index contributed by atoms with van der Waals surface area (Å²) >= 11 is 6.98. The van der Waals surface area contributed by atoms with E-state index in [4.69, 9.17) is 11.6 Å². The molecule has 4 bridgehead atoms. The lowest BCUT2D eigenvalue weighted by Crippen LogP contribution is -2.56. The van der Waals surface area contributed by atoms with Crippen LogP contribution in [0, 0.1) is 17.3 Å². The molecule has 4 aliphatic rings. The van der Waals surface area contributed by atoms with Crippen LogP contribution in [0.5, 0.6) is 0 Å². The standard InChI is InChI=1S/C25H28ClNO/c26-25-14-18-11-19(15-25)13-24(12-18,16-25)17-27-23(28)22(20-7-3-1-4-8-20)21-9-5-2-6-10-21/h1-10,18-19,22H,11-17H2,(H,27,28)/t18-,19-,24?,25?/m1/s1. The quantitative estimate of drug-likeness (QED) is 0.666. The van der Waals surface area contributed by atoms with Crippen LogP contribution < -0.4 is 5.32 Å². The molecule has 0 aromatic heterocycles. The van der Waals surface area contributed by atoms with Crippen LogP contribution in [0.25, 0.3) is 0 Å². The number of carbonyl (C=O) groups excluding carboxylic acids is 1. The van der Waals surface area contributed by atoms with Crippen molar-refractivity contribution in [3.8, 4) is 0 Å². The molecule has 2 aromatic rings. The average molecular weight is 394 g/mol. The first-order chi connectivity index (χ1) is 13.5. The summed E-state index contributed by atoms with van der Waals surface area (Å²) in [4.78, 5) is 13.4. The lowest BCUT2D eigenvalue weighted by Gasteiger charge is -2.60. The number of alkyl halides is 1. The van der Waals surface area contributed by atoms with Gasteiger partial charge < -0.3 is 5.32 Å². The normalized spacial score (nSPS) is 33.2. The topological polar surface area (TPSA) is 29.1 Å². The second kappa shape index (κ2) is 6.91. The molecule has 0 radical (unpaired) electrons. The number of carbonyl (C=O) groups is 1. The molecular weight excluding hydrogens is 366 g/mol. The fourth-order valence-corrected chi connectivity index (χ4v) is 7.43. The number of hydrogen-bond acceptors (Lipinski definition) is 1. The monoisotopic (exact) mass is 393 g/mol. The Hall–Kier alpha value is -1.80. The number of halogens is 1. The van der Waals surface area contributed by atoms with Crippen LogP contribution in [0.1, 0.15) is 55.6 Å². The minimum Gasteiger partial charge on any atom is -0.355 e. The van der Waals surface area contributed by atoms with E-state index in [1.54, 1.807) is 0 Å². The van der Waals surface area contributed by atoms with E-state index in [2.05, 4.69) is 29.6 Å². The molecule has 1 N–H and O–H groups in total. The van der Waals surface area contributed by atoms with Gasteiger partial charge in [0.2, 0.25) is 5.91 Å². The van der Waals surface area contributed by atoms with Crippen LogP contribution in [0.15, 0.2) is 60.7 Å². The van der Waals surface area contributed by atoms with E-state index in [-0.39, 0.29) is 22.1 Å². The Morgan fingerprint density at radius 2 is 1.46 bits per heavy atom. The molecule has 1 amide bonds. The van der Waals surface area contributed by atoms with Crippen LogP contribution in [0.3, 0.4) is 0 Å². The first-order valence-electron chi connectivity index (χ1n) is 10.6. The lowest BCUT2D eigenvalue weighted by atomic mass is 9.49. The predicted molar refractivity (Wildman–Crippen MR) is 113 cm³/mol. The summed E-state index contributed by atoms with van der Waals surface area (Å²) in [7, 11) is 0. The SMILES string of the molecule is O=C(NCC12C[C@H]3C[C@@H](CC(Cl)(C3)C1)C2)C(c1ccccc1)c1ccccc1. The Balaban J connectivity index is 1.36. The highest BCUT2D eigenvalue weighted by Crippen LogP contribution is 2.63. The summed E-state index contributed by atoms with van der Waals surface area (Å²) in [6, 6.07) is 20.2. The van der Waals surface area contributed by atoms with E-state index < -0.39 is 0 Å².